The Kier molecular flexibility index (Phi) is 5.36. The number of benzene rings is 1. The molecule has 0 saturated heterocycles. The lowest BCUT2D eigenvalue weighted by molar-refractivity contribution is 0.312. The predicted octanol–water partition coefficient (Wildman–Crippen LogP) is 5.66. The molecular formula is C23H19ClN4OS. The van der Waals surface area contributed by atoms with E-state index in [4.69, 9.17) is 16.3 Å². The molecule has 0 amide bonds. The van der Waals surface area contributed by atoms with Crippen molar-refractivity contribution in [2.24, 2.45) is 0 Å². The van der Waals surface area contributed by atoms with Crippen LogP contribution in [0.2, 0.25) is 5.02 Å². The van der Waals surface area contributed by atoms with Crippen LogP contribution in [-0.4, -0.2) is 28.1 Å². The maximum Gasteiger partial charge on any atom is 0.138 e. The highest BCUT2D eigenvalue weighted by Gasteiger charge is 2.09. The van der Waals surface area contributed by atoms with Crippen molar-refractivity contribution in [1.29, 1.82) is 0 Å². The summed E-state index contributed by atoms with van der Waals surface area (Å²) in [6, 6.07) is 12.4. The second-order valence-electron chi connectivity index (χ2n) is 6.94. The molecule has 0 aliphatic heterocycles. The molecule has 5 rings (SSSR count). The van der Waals surface area contributed by atoms with Crippen LogP contribution in [-0.2, 0) is 6.54 Å². The van der Waals surface area contributed by atoms with E-state index in [0.717, 1.165) is 44.9 Å². The van der Waals surface area contributed by atoms with E-state index in [2.05, 4.69) is 50.7 Å². The molecule has 30 heavy (non-hydrogen) atoms. The highest BCUT2D eigenvalue weighted by atomic mass is 35.5. The molecule has 5 nitrogen and oxygen atoms in total. The summed E-state index contributed by atoms with van der Waals surface area (Å²) in [7, 11) is 0. The van der Waals surface area contributed by atoms with Crippen LogP contribution in [0.15, 0.2) is 67.4 Å². The normalized spacial score (nSPS) is 11.4. The lowest BCUT2D eigenvalue weighted by Gasteiger charge is -2.08. The Morgan fingerprint density at radius 1 is 1.03 bits per heavy atom. The number of rotatable bonds is 7. The van der Waals surface area contributed by atoms with Gasteiger partial charge in [0.15, 0.2) is 0 Å². The Hall–Kier alpha value is -2.93. The van der Waals surface area contributed by atoms with Gasteiger partial charge in [0.05, 0.1) is 15.9 Å². The van der Waals surface area contributed by atoms with Crippen molar-refractivity contribution in [3.05, 3.63) is 78.0 Å². The molecule has 0 fully saturated rings. The molecular weight excluding hydrogens is 416 g/mol. The summed E-state index contributed by atoms with van der Waals surface area (Å²) in [6.07, 6.45) is 9.14. The second-order valence-corrected chi connectivity index (χ2v) is 8.43. The van der Waals surface area contributed by atoms with E-state index in [9.17, 15) is 0 Å². The van der Waals surface area contributed by atoms with E-state index in [1.807, 2.05) is 24.5 Å². The summed E-state index contributed by atoms with van der Waals surface area (Å²) in [4.78, 5) is 12.9. The number of halogens is 1. The van der Waals surface area contributed by atoms with Crippen LogP contribution in [0.25, 0.3) is 31.4 Å². The van der Waals surface area contributed by atoms with Crippen molar-refractivity contribution < 1.29 is 4.74 Å². The van der Waals surface area contributed by atoms with Crippen LogP contribution >= 0.6 is 22.9 Å². The molecule has 1 aromatic carbocycles. The number of aromatic amines is 1. The molecule has 0 aliphatic rings. The number of para-hydroxylation sites is 1. The monoisotopic (exact) mass is 434 g/mol. The van der Waals surface area contributed by atoms with Crippen molar-refractivity contribution in [2.45, 2.75) is 6.54 Å². The number of fused-ring (bicyclic) bond motifs is 2. The molecule has 0 saturated carbocycles. The zero-order valence-electron chi connectivity index (χ0n) is 16.1. The number of hydrogen-bond acceptors (Lipinski definition) is 5. The van der Waals surface area contributed by atoms with E-state index < -0.39 is 0 Å². The topological polar surface area (TPSA) is 62.8 Å². The van der Waals surface area contributed by atoms with Gasteiger partial charge in [0.1, 0.15) is 12.4 Å². The molecule has 0 unspecified atom stereocenters. The van der Waals surface area contributed by atoms with Crippen LogP contribution in [0.3, 0.4) is 0 Å². The van der Waals surface area contributed by atoms with Crippen LogP contribution in [0, 0.1) is 0 Å². The van der Waals surface area contributed by atoms with Gasteiger partial charge in [0, 0.05) is 64.6 Å². The first-order valence-corrected chi connectivity index (χ1v) is 10.8. The summed E-state index contributed by atoms with van der Waals surface area (Å²) in [5.74, 6) is 0.753. The average molecular weight is 435 g/mol. The lowest BCUT2D eigenvalue weighted by Crippen LogP contribution is -2.20. The van der Waals surface area contributed by atoms with Crippen molar-refractivity contribution in [2.75, 3.05) is 13.2 Å². The summed E-state index contributed by atoms with van der Waals surface area (Å²) in [6.45, 7) is 2.10. The van der Waals surface area contributed by atoms with E-state index in [1.54, 1.807) is 23.7 Å². The van der Waals surface area contributed by atoms with E-state index in [-0.39, 0.29) is 0 Å². The van der Waals surface area contributed by atoms with Gasteiger partial charge in [-0.3, -0.25) is 9.97 Å². The Bertz CT molecular complexity index is 1310. The number of nitrogens with one attached hydrogen (secondary N) is 2. The van der Waals surface area contributed by atoms with Crippen LogP contribution in [0.4, 0.5) is 0 Å². The van der Waals surface area contributed by atoms with Crippen LogP contribution in [0.1, 0.15) is 5.56 Å². The Labute approximate surface area is 182 Å². The smallest absolute Gasteiger partial charge is 0.138 e. The maximum absolute atomic E-state index is 6.25. The highest BCUT2D eigenvalue weighted by Crippen LogP contribution is 2.36. The molecule has 4 heterocycles. The molecule has 0 spiro atoms. The number of H-pyrrole nitrogens is 1. The van der Waals surface area contributed by atoms with Crippen LogP contribution in [0.5, 0.6) is 5.75 Å². The Morgan fingerprint density at radius 3 is 2.87 bits per heavy atom. The van der Waals surface area contributed by atoms with Gasteiger partial charge >= 0.3 is 0 Å². The highest BCUT2D eigenvalue weighted by molar-refractivity contribution is 7.22. The third-order valence-electron chi connectivity index (χ3n) is 4.93. The number of aromatic nitrogens is 3. The number of thiophene rings is 1. The first-order valence-electron chi connectivity index (χ1n) is 9.65. The van der Waals surface area contributed by atoms with Gasteiger partial charge in [0.25, 0.3) is 0 Å². The standard InChI is InChI=1S/C23H19ClN4OS/c24-20-13-27-14-23-19(20)8-22(30-23)15-7-17(12-26-9-15)29-6-5-25-10-16-11-28-21-4-2-1-3-18(16)21/h1-4,7-9,11-14,25,28H,5-6,10H2. The summed E-state index contributed by atoms with van der Waals surface area (Å²) >= 11 is 7.90. The fourth-order valence-electron chi connectivity index (χ4n) is 3.44. The van der Waals surface area contributed by atoms with Crippen molar-refractivity contribution in [3.8, 4) is 16.2 Å². The summed E-state index contributed by atoms with van der Waals surface area (Å²) in [5, 5.41) is 6.36. The molecule has 150 valence electrons. The molecule has 0 aliphatic carbocycles. The van der Waals surface area contributed by atoms with Gasteiger partial charge in [-0.05, 0) is 23.8 Å². The molecule has 7 heteroatoms. The van der Waals surface area contributed by atoms with Gasteiger partial charge in [-0.25, -0.2) is 0 Å². The third kappa shape index (κ3) is 3.89. The van der Waals surface area contributed by atoms with Crippen molar-refractivity contribution in [3.63, 3.8) is 0 Å². The molecule has 0 radical (unpaired) electrons. The molecule has 0 bridgehead atoms. The van der Waals surface area contributed by atoms with Crippen LogP contribution < -0.4 is 10.1 Å². The second kappa shape index (κ2) is 8.44. The summed E-state index contributed by atoms with van der Waals surface area (Å²) in [5.41, 5.74) is 3.43. The quantitative estimate of drug-likeness (QED) is 0.324. The SMILES string of the molecule is Clc1cncc2sc(-c3cncc(OCCNCc4c[nH]c5ccccc45)c3)cc12. The Morgan fingerprint density at radius 2 is 1.93 bits per heavy atom. The zero-order valence-corrected chi connectivity index (χ0v) is 17.6. The Balaban J connectivity index is 1.19. The first-order chi connectivity index (χ1) is 14.8. The molecule has 4 aromatic heterocycles. The predicted molar refractivity (Wildman–Crippen MR) is 123 cm³/mol. The minimum atomic E-state index is 0.565. The summed E-state index contributed by atoms with van der Waals surface area (Å²) < 4.78 is 6.97. The minimum absolute atomic E-state index is 0.565. The van der Waals surface area contributed by atoms with Gasteiger partial charge < -0.3 is 15.0 Å². The third-order valence-corrected chi connectivity index (χ3v) is 6.35. The van der Waals surface area contributed by atoms with E-state index >= 15 is 0 Å². The molecule has 0 atom stereocenters. The molecule has 5 aromatic rings. The average Bonchev–Trinajstić information content (AvgIpc) is 3.39. The fraction of sp³-hybridized carbons (Fsp3) is 0.130. The van der Waals surface area contributed by atoms with Gasteiger partial charge in [0.2, 0.25) is 0 Å². The number of ether oxygens (including phenoxy) is 1. The minimum Gasteiger partial charge on any atom is -0.491 e. The van der Waals surface area contributed by atoms with Gasteiger partial charge in [-0.1, -0.05) is 29.8 Å². The molecule has 2 N–H and O–H groups in total. The lowest BCUT2D eigenvalue weighted by atomic mass is 10.2. The van der Waals surface area contributed by atoms with Crippen molar-refractivity contribution in [1.82, 2.24) is 20.3 Å². The van der Waals surface area contributed by atoms with Gasteiger partial charge in [-0.15, -0.1) is 11.3 Å². The van der Waals surface area contributed by atoms with E-state index in [0.29, 0.717) is 11.6 Å². The number of nitrogens with zero attached hydrogens (tertiary/aromatic N) is 2. The fourth-order valence-corrected chi connectivity index (χ4v) is 4.75. The first kappa shape index (κ1) is 19.1. The number of pyridine rings is 2. The largest absolute Gasteiger partial charge is 0.491 e. The van der Waals surface area contributed by atoms with E-state index in [1.165, 1.54) is 10.9 Å². The van der Waals surface area contributed by atoms with Gasteiger partial charge in [-0.2, -0.15) is 0 Å². The number of hydrogen-bond donors (Lipinski definition) is 2. The maximum atomic E-state index is 6.25. The van der Waals surface area contributed by atoms with Crippen molar-refractivity contribution >= 4 is 43.9 Å². The zero-order chi connectivity index (χ0) is 20.3.